The molecule has 0 saturated carbocycles. The lowest BCUT2D eigenvalue weighted by molar-refractivity contribution is -0.123. The SMILES string of the molecule is CCCCCCCCCCC(=O)C(CN)C(C)C. The maximum atomic E-state index is 11.9. The molecule has 1 unspecified atom stereocenters. The van der Waals surface area contributed by atoms with Crippen LogP contribution in [0.2, 0.25) is 0 Å². The fourth-order valence-corrected chi connectivity index (χ4v) is 2.39. The predicted octanol–water partition coefficient (Wildman–Crippen LogP) is 4.32. The third-order valence-corrected chi connectivity index (χ3v) is 3.75. The topological polar surface area (TPSA) is 43.1 Å². The van der Waals surface area contributed by atoms with E-state index in [4.69, 9.17) is 5.73 Å². The van der Waals surface area contributed by atoms with E-state index in [2.05, 4.69) is 20.8 Å². The van der Waals surface area contributed by atoms with Crippen molar-refractivity contribution >= 4 is 5.78 Å². The van der Waals surface area contributed by atoms with Crippen molar-refractivity contribution < 1.29 is 4.79 Å². The van der Waals surface area contributed by atoms with Crippen LogP contribution in [0.1, 0.15) is 78.6 Å². The molecule has 18 heavy (non-hydrogen) atoms. The molecule has 0 heterocycles. The summed E-state index contributed by atoms with van der Waals surface area (Å²) in [5.74, 6) is 0.838. The van der Waals surface area contributed by atoms with Gasteiger partial charge < -0.3 is 5.73 Å². The minimum atomic E-state index is 0.0783. The zero-order chi connectivity index (χ0) is 13.8. The monoisotopic (exact) mass is 255 g/mol. The van der Waals surface area contributed by atoms with Crippen molar-refractivity contribution in [3.63, 3.8) is 0 Å². The van der Waals surface area contributed by atoms with Crippen LogP contribution in [0.5, 0.6) is 0 Å². The van der Waals surface area contributed by atoms with Crippen LogP contribution in [0.4, 0.5) is 0 Å². The van der Waals surface area contributed by atoms with Crippen LogP contribution in [0, 0.1) is 11.8 Å². The maximum Gasteiger partial charge on any atom is 0.137 e. The Bertz CT molecular complexity index is 201. The Morgan fingerprint density at radius 2 is 1.44 bits per heavy atom. The van der Waals surface area contributed by atoms with Crippen molar-refractivity contribution in [1.29, 1.82) is 0 Å². The first-order chi connectivity index (χ1) is 8.63. The standard InChI is InChI=1S/C16H33NO/c1-4-5-6-7-8-9-10-11-12-16(18)15(13-17)14(2)3/h14-15H,4-13,17H2,1-3H3. The van der Waals surface area contributed by atoms with Gasteiger partial charge in [0.25, 0.3) is 0 Å². The van der Waals surface area contributed by atoms with E-state index in [0.717, 1.165) is 12.8 Å². The number of unbranched alkanes of at least 4 members (excludes halogenated alkanes) is 7. The van der Waals surface area contributed by atoms with E-state index in [-0.39, 0.29) is 5.92 Å². The quantitative estimate of drug-likeness (QED) is 0.528. The summed E-state index contributed by atoms with van der Waals surface area (Å²) in [5, 5.41) is 0. The molecule has 0 aromatic heterocycles. The van der Waals surface area contributed by atoms with Crippen LogP contribution in [0.25, 0.3) is 0 Å². The number of nitrogens with two attached hydrogens (primary N) is 1. The van der Waals surface area contributed by atoms with Crippen LogP contribution in [-0.4, -0.2) is 12.3 Å². The zero-order valence-corrected chi connectivity index (χ0v) is 12.7. The first-order valence-electron chi connectivity index (χ1n) is 7.86. The van der Waals surface area contributed by atoms with Gasteiger partial charge in [-0.1, -0.05) is 65.7 Å². The van der Waals surface area contributed by atoms with Crippen LogP contribution in [0.3, 0.4) is 0 Å². The van der Waals surface area contributed by atoms with Gasteiger partial charge in [0.15, 0.2) is 0 Å². The molecule has 0 aliphatic carbocycles. The Morgan fingerprint density at radius 1 is 0.944 bits per heavy atom. The second kappa shape index (κ2) is 11.7. The number of hydrogen-bond acceptors (Lipinski definition) is 2. The van der Waals surface area contributed by atoms with Crippen molar-refractivity contribution in [2.75, 3.05) is 6.54 Å². The van der Waals surface area contributed by atoms with Crippen LogP contribution in [-0.2, 0) is 4.79 Å². The molecule has 0 aromatic rings. The van der Waals surface area contributed by atoms with E-state index < -0.39 is 0 Å². The molecular formula is C16H33NO. The molecule has 2 N–H and O–H groups in total. The number of ketones is 1. The number of carbonyl (C=O) groups excluding carboxylic acids is 1. The van der Waals surface area contributed by atoms with Crippen LogP contribution >= 0.6 is 0 Å². The molecule has 0 radical (unpaired) electrons. The fraction of sp³-hybridized carbons (Fsp3) is 0.938. The van der Waals surface area contributed by atoms with E-state index in [0.29, 0.717) is 18.2 Å². The van der Waals surface area contributed by atoms with Gasteiger partial charge >= 0.3 is 0 Å². The highest BCUT2D eigenvalue weighted by atomic mass is 16.1. The molecule has 2 heteroatoms. The number of carbonyl (C=O) groups is 1. The number of Topliss-reactive ketones (excluding diaryl/α,β-unsaturated/α-hetero) is 1. The smallest absolute Gasteiger partial charge is 0.137 e. The molecule has 0 bridgehead atoms. The molecule has 2 nitrogen and oxygen atoms in total. The van der Waals surface area contributed by atoms with Gasteiger partial charge in [-0.2, -0.15) is 0 Å². The fourth-order valence-electron chi connectivity index (χ4n) is 2.39. The van der Waals surface area contributed by atoms with Gasteiger partial charge in [0.05, 0.1) is 0 Å². The molecule has 0 aliphatic heterocycles. The molecule has 0 fully saturated rings. The molecule has 0 rings (SSSR count). The highest BCUT2D eigenvalue weighted by molar-refractivity contribution is 5.81. The van der Waals surface area contributed by atoms with Gasteiger partial charge in [0.2, 0.25) is 0 Å². The minimum absolute atomic E-state index is 0.0783. The van der Waals surface area contributed by atoms with Gasteiger partial charge in [-0.3, -0.25) is 4.79 Å². The summed E-state index contributed by atoms with van der Waals surface area (Å²) in [7, 11) is 0. The largest absolute Gasteiger partial charge is 0.330 e. The van der Waals surface area contributed by atoms with Gasteiger partial charge in [0.1, 0.15) is 5.78 Å². The van der Waals surface area contributed by atoms with Crippen molar-refractivity contribution in [2.24, 2.45) is 17.6 Å². The number of hydrogen-bond donors (Lipinski definition) is 1. The lowest BCUT2D eigenvalue weighted by atomic mass is 9.89. The van der Waals surface area contributed by atoms with E-state index >= 15 is 0 Å². The molecule has 0 amide bonds. The Labute approximate surface area is 114 Å². The first kappa shape index (κ1) is 17.6. The Hall–Kier alpha value is -0.370. The van der Waals surface area contributed by atoms with E-state index in [9.17, 15) is 4.79 Å². The first-order valence-corrected chi connectivity index (χ1v) is 7.86. The molecule has 1 atom stereocenters. The van der Waals surface area contributed by atoms with Gasteiger partial charge in [0, 0.05) is 18.9 Å². The van der Waals surface area contributed by atoms with E-state index in [1.54, 1.807) is 0 Å². The highest BCUT2D eigenvalue weighted by Crippen LogP contribution is 2.15. The summed E-state index contributed by atoms with van der Waals surface area (Å²) in [6.07, 6.45) is 11.0. The van der Waals surface area contributed by atoms with Crippen molar-refractivity contribution in [3.05, 3.63) is 0 Å². The van der Waals surface area contributed by atoms with Gasteiger partial charge in [-0.05, 0) is 12.3 Å². The van der Waals surface area contributed by atoms with E-state index in [1.807, 2.05) is 0 Å². The highest BCUT2D eigenvalue weighted by Gasteiger charge is 2.19. The van der Waals surface area contributed by atoms with Gasteiger partial charge in [-0.15, -0.1) is 0 Å². The van der Waals surface area contributed by atoms with Crippen molar-refractivity contribution in [3.8, 4) is 0 Å². The molecule has 0 saturated heterocycles. The molecular weight excluding hydrogens is 222 g/mol. The summed E-state index contributed by atoms with van der Waals surface area (Å²) in [6, 6.07) is 0. The predicted molar refractivity (Wildman–Crippen MR) is 79.6 cm³/mol. The van der Waals surface area contributed by atoms with Crippen molar-refractivity contribution in [1.82, 2.24) is 0 Å². The minimum Gasteiger partial charge on any atom is -0.330 e. The second-order valence-corrected chi connectivity index (χ2v) is 5.78. The van der Waals surface area contributed by atoms with Crippen LogP contribution < -0.4 is 5.73 Å². The summed E-state index contributed by atoms with van der Waals surface area (Å²) in [6.45, 7) is 6.92. The van der Waals surface area contributed by atoms with Crippen molar-refractivity contribution in [2.45, 2.75) is 78.6 Å². The molecule has 0 spiro atoms. The lowest BCUT2D eigenvalue weighted by Gasteiger charge is -2.17. The Morgan fingerprint density at radius 3 is 1.89 bits per heavy atom. The molecule has 0 aromatic carbocycles. The Kier molecular flexibility index (Phi) is 11.5. The third kappa shape index (κ3) is 8.68. The van der Waals surface area contributed by atoms with Crippen LogP contribution in [0.15, 0.2) is 0 Å². The molecule has 108 valence electrons. The summed E-state index contributed by atoms with van der Waals surface area (Å²) < 4.78 is 0. The summed E-state index contributed by atoms with van der Waals surface area (Å²) >= 11 is 0. The third-order valence-electron chi connectivity index (χ3n) is 3.75. The normalized spacial score (nSPS) is 12.9. The summed E-state index contributed by atoms with van der Waals surface area (Å²) in [4.78, 5) is 11.9. The molecule has 0 aliphatic rings. The lowest BCUT2D eigenvalue weighted by Crippen LogP contribution is -2.28. The maximum absolute atomic E-state index is 11.9. The van der Waals surface area contributed by atoms with Gasteiger partial charge in [-0.25, -0.2) is 0 Å². The zero-order valence-electron chi connectivity index (χ0n) is 12.7. The average molecular weight is 255 g/mol. The second-order valence-electron chi connectivity index (χ2n) is 5.78. The van der Waals surface area contributed by atoms with E-state index in [1.165, 1.54) is 44.9 Å². The Balaban J connectivity index is 3.45. The summed E-state index contributed by atoms with van der Waals surface area (Å²) in [5.41, 5.74) is 5.65. The average Bonchev–Trinajstić information content (AvgIpc) is 2.33. The number of rotatable bonds is 12.